The minimum absolute atomic E-state index is 0.136. The molecule has 0 unspecified atom stereocenters. The molecule has 5 heteroatoms. The molecule has 19 heavy (non-hydrogen) atoms. The van der Waals surface area contributed by atoms with Crippen LogP contribution in [0.2, 0.25) is 0 Å². The highest BCUT2D eigenvalue weighted by Gasteiger charge is 2.18. The van der Waals surface area contributed by atoms with Crippen LogP contribution in [-0.2, 0) is 9.59 Å². The SMILES string of the molecule is O=C(CCCN1CCCCC1=O)NC1CCNCC1. The molecule has 0 bridgehead atoms. The Labute approximate surface area is 115 Å². The van der Waals surface area contributed by atoms with E-state index in [-0.39, 0.29) is 11.8 Å². The quantitative estimate of drug-likeness (QED) is 0.769. The van der Waals surface area contributed by atoms with E-state index < -0.39 is 0 Å². The molecule has 2 saturated heterocycles. The van der Waals surface area contributed by atoms with Crippen molar-refractivity contribution in [3.8, 4) is 0 Å². The number of nitrogens with zero attached hydrogens (tertiary/aromatic N) is 1. The molecule has 2 rings (SSSR count). The molecule has 2 aliphatic rings. The number of rotatable bonds is 5. The summed E-state index contributed by atoms with van der Waals surface area (Å²) in [4.78, 5) is 25.3. The molecule has 0 aromatic heterocycles. The maximum Gasteiger partial charge on any atom is 0.222 e. The first-order chi connectivity index (χ1) is 9.25. The van der Waals surface area contributed by atoms with Crippen LogP contribution in [0.1, 0.15) is 44.9 Å². The number of amides is 2. The lowest BCUT2D eigenvalue weighted by Gasteiger charge is -2.27. The third kappa shape index (κ3) is 4.82. The Kier molecular flexibility index (Phi) is 5.63. The number of nitrogens with one attached hydrogen (secondary N) is 2. The second-order valence-electron chi connectivity index (χ2n) is 5.53. The van der Waals surface area contributed by atoms with Crippen LogP contribution in [0.4, 0.5) is 0 Å². The second-order valence-corrected chi connectivity index (χ2v) is 5.53. The summed E-state index contributed by atoms with van der Waals surface area (Å²) in [5.41, 5.74) is 0. The first kappa shape index (κ1) is 14.3. The average Bonchev–Trinajstić information content (AvgIpc) is 2.42. The van der Waals surface area contributed by atoms with Gasteiger partial charge in [-0.25, -0.2) is 0 Å². The number of carbonyl (C=O) groups excluding carboxylic acids is 2. The average molecular weight is 267 g/mol. The summed E-state index contributed by atoms with van der Waals surface area (Å²) >= 11 is 0. The van der Waals surface area contributed by atoms with E-state index in [0.717, 1.165) is 58.3 Å². The van der Waals surface area contributed by atoms with Gasteiger partial charge in [-0.2, -0.15) is 0 Å². The summed E-state index contributed by atoms with van der Waals surface area (Å²) in [7, 11) is 0. The highest BCUT2D eigenvalue weighted by Crippen LogP contribution is 2.11. The van der Waals surface area contributed by atoms with Crippen LogP contribution in [0.15, 0.2) is 0 Å². The Bertz CT molecular complexity index is 314. The Morgan fingerprint density at radius 2 is 2.11 bits per heavy atom. The van der Waals surface area contributed by atoms with Crippen LogP contribution in [0, 0.1) is 0 Å². The maximum absolute atomic E-state index is 11.8. The lowest BCUT2D eigenvalue weighted by atomic mass is 10.1. The predicted octanol–water partition coefficient (Wildman–Crippen LogP) is 0.647. The summed E-state index contributed by atoms with van der Waals surface area (Å²) in [6.07, 6.45) is 6.17. The molecule has 2 heterocycles. The van der Waals surface area contributed by atoms with E-state index in [1.165, 1.54) is 0 Å². The molecule has 0 aliphatic carbocycles. The van der Waals surface area contributed by atoms with Gasteiger partial charge in [0.1, 0.15) is 0 Å². The Morgan fingerprint density at radius 1 is 1.32 bits per heavy atom. The Hall–Kier alpha value is -1.10. The minimum atomic E-state index is 0.136. The highest BCUT2D eigenvalue weighted by molar-refractivity contribution is 5.77. The van der Waals surface area contributed by atoms with Crippen molar-refractivity contribution in [3.63, 3.8) is 0 Å². The molecule has 0 aromatic rings. The monoisotopic (exact) mass is 267 g/mol. The van der Waals surface area contributed by atoms with Crippen molar-refractivity contribution in [2.45, 2.75) is 51.0 Å². The minimum Gasteiger partial charge on any atom is -0.353 e. The molecule has 0 saturated carbocycles. The van der Waals surface area contributed by atoms with Crippen LogP contribution < -0.4 is 10.6 Å². The Morgan fingerprint density at radius 3 is 2.84 bits per heavy atom. The lowest BCUT2D eigenvalue weighted by Crippen LogP contribution is -2.43. The molecule has 0 spiro atoms. The molecule has 108 valence electrons. The number of carbonyl (C=O) groups is 2. The van der Waals surface area contributed by atoms with Gasteiger partial charge in [-0.3, -0.25) is 9.59 Å². The molecule has 2 amide bonds. The van der Waals surface area contributed by atoms with Gasteiger partial charge in [0.25, 0.3) is 0 Å². The van der Waals surface area contributed by atoms with Gasteiger partial charge < -0.3 is 15.5 Å². The van der Waals surface area contributed by atoms with Crippen molar-refractivity contribution < 1.29 is 9.59 Å². The van der Waals surface area contributed by atoms with Crippen LogP contribution in [0.3, 0.4) is 0 Å². The summed E-state index contributed by atoms with van der Waals surface area (Å²) in [6.45, 7) is 3.59. The van der Waals surface area contributed by atoms with Gasteiger partial charge in [0.2, 0.25) is 11.8 Å². The smallest absolute Gasteiger partial charge is 0.222 e. The van der Waals surface area contributed by atoms with Crippen molar-refractivity contribution in [1.29, 1.82) is 0 Å². The fourth-order valence-corrected chi connectivity index (χ4v) is 2.79. The van der Waals surface area contributed by atoms with Crippen molar-refractivity contribution in [2.75, 3.05) is 26.2 Å². The number of hydrogen-bond donors (Lipinski definition) is 2. The van der Waals surface area contributed by atoms with Crippen molar-refractivity contribution in [3.05, 3.63) is 0 Å². The molecule has 5 nitrogen and oxygen atoms in total. The molecular formula is C14H25N3O2. The normalized spacial score (nSPS) is 21.5. The van der Waals surface area contributed by atoms with E-state index in [2.05, 4.69) is 10.6 Å². The van der Waals surface area contributed by atoms with Crippen molar-refractivity contribution in [1.82, 2.24) is 15.5 Å². The molecule has 0 radical (unpaired) electrons. The lowest BCUT2D eigenvalue weighted by molar-refractivity contribution is -0.133. The molecule has 0 aromatic carbocycles. The predicted molar refractivity (Wildman–Crippen MR) is 73.7 cm³/mol. The van der Waals surface area contributed by atoms with Gasteiger partial charge in [0, 0.05) is 32.0 Å². The third-order valence-corrected chi connectivity index (χ3v) is 3.96. The van der Waals surface area contributed by atoms with E-state index in [0.29, 0.717) is 18.9 Å². The standard InChI is InChI=1S/C14H25N3O2/c18-13(16-12-6-8-15-9-7-12)4-3-11-17-10-2-1-5-14(17)19/h12,15H,1-11H2,(H,16,18). The zero-order valence-corrected chi connectivity index (χ0v) is 11.6. The first-order valence-corrected chi connectivity index (χ1v) is 7.53. The van der Waals surface area contributed by atoms with E-state index >= 15 is 0 Å². The summed E-state index contributed by atoms with van der Waals surface area (Å²) in [5, 5.41) is 6.37. The summed E-state index contributed by atoms with van der Waals surface area (Å²) < 4.78 is 0. The number of piperidine rings is 2. The van der Waals surface area contributed by atoms with Gasteiger partial charge >= 0.3 is 0 Å². The van der Waals surface area contributed by atoms with Gasteiger partial charge in [-0.1, -0.05) is 0 Å². The Balaban J connectivity index is 1.59. The zero-order valence-electron chi connectivity index (χ0n) is 11.6. The number of hydrogen-bond acceptors (Lipinski definition) is 3. The van der Waals surface area contributed by atoms with Crippen LogP contribution in [0.5, 0.6) is 0 Å². The van der Waals surface area contributed by atoms with Gasteiger partial charge in [0.05, 0.1) is 0 Å². The molecular weight excluding hydrogens is 242 g/mol. The topological polar surface area (TPSA) is 61.4 Å². The second kappa shape index (κ2) is 7.48. The largest absolute Gasteiger partial charge is 0.353 e. The van der Waals surface area contributed by atoms with Crippen molar-refractivity contribution >= 4 is 11.8 Å². The molecule has 2 aliphatic heterocycles. The van der Waals surface area contributed by atoms with Crippen LogP contribution in [-0.4, -0.2) is 48.9 Å². The van der Waals surface area contributed by atoms with E-state index in [4.69, 9.17) is 0 Å². The maximum atomic E-state index is 11.8. The van der Waals surface area contributed by atoms with Crippen LogP contribution >= 0.6 is 0 Å². The summed E-state index contributed by atoms with van der Waals surface area (Å²) in [5.74, 6) is 0.390. The highest BCUT2D eigenvalue weighted by atomic mass is 16.2. The molecule has 2 N–H and O–H groups in total. The fraction of sp³-hybridized carbons (Fsp3) is 0.857. The third-order valence-electron chi connectivity index (χ3n) is 3.96. The zero-order chi connectivity index (χ0) is 13.5. The van der Waals surface area contributed by atoms with E-state index in [1.807, 2.05) is 4.90 Å². The molecule has 0 atom stereocenters. The van der Waals surface area contributed by atoms with Gasteiger partial charge in [-0.15, -0.1) is 0 Å². The fourth-order valence-electron chi connectivity index (χ4n) is 2.79. The van der Waals surface area contributed by atoms with E-state index in [9.17, 15) is 9.59 Å². The van der Waals surface area contributed by atoms with E-state index in [1.54, 1.807) is 0 Å². The van der Waals surface area contributed by atoms with Gasteiger partial charge in [0.15, 0.2) is 0 Å². The van der Waals surface area contributed by atoms with Gasteiger partial charge in [-0.05, 0) is 45.2 Å². The van der Waals surface area contributed by atoms with Crippen molar-refractivity contribution in [2.24, 2.45) is 0 Å². The van der Waals surface area contributed by atoms with Crippen LogP contribution in [0.25, 0.3) is 0 Å². The number of likely N-dealkylation sites (tertiary alicyclic amines) is 1. The molecule has 2 fully saturated rings. The summed E-state index contributed by atoms with van der Waals surface area (Å²) in [6, 6.07) is 0.338. The first-order valence-electron chi connectivity index (χ1n) is 7.53.